The average Bonchev–Trinajstić information content (AvgIpc) is 2.41. The quantitative estimate of drug-likeness (QED) is 0.916. The van der Waals surface area contributed by atoms with Gasteiger partial charge in [-0.25, -0.2) is 0 Å². The van der Waals surface area contributed by atoms with Crippen LogP contribution in [0.4, 0.5) is 5.69 Å². The van der Waals surface area contributed by atoms with E-state index in [0.717, 1.165) is 4.47 Å². The number of hydrogen-bond acceptors (Lipinski definition) is 3. The molecule has 1 aromatic heterocycles. The largest absolute Gasteiger partial charge is 0.390 e. The molecule has 0 aliphatic heterocycles. The second-order valence-electron chi connectivity index (χ2n) is 3.65. The molecule has 0 radical (unpaired) electrons. The lowest BCUT2D eigenvalue weighted by Crippen LogP contribution is -2.12. The summed E-state index contributed by atoms with van der Waals surface area (Å²) in [5.74, 6) is -0.227. The van der Waals surface area contributed by atoms with Crippen molar-refractivity contribution in [2.75, 3.05) is 5.32 Å². The van der Waals surface area contributed by atoms with E-state index >= 15 is 0 Å². The van der Waals surface area contributed by atoms with Gasteiger partial charge in [-0.2, -0.15) is 0 Å². The highest BCUT2D eigenvalue weighted by atomic mass is 79.9. The Labute approximate surface area is 113 Å². The maximum atomic E-state index is 11.9. The van der Waals surface area contributed by atoms with Gasteiger partial charge >= 0.3 is 0 Å². The number of carbonyl (C=O) groups is 1. The van der Waals surface area contributed by atoms with Crippen LogP contribution in [0, 0.1) is 0 Å². The first-order chi connectivity index (χ1) is 8.69. The van der Waals surface area contributed by atoms with Gasteiger partial charge in [0.2, 0.25) is 0 Å². The fourth-order valence-corrected chi connectivity index (χ4v) is 1.71. The van der Waals surface area contributed by atoms with Gasteiger partial charge in [0.15, 0.2) is 0 Å². The molecule has 0 unspecified atom stereocenters. The molecule has 5 heteroatoms. The SMILES string of the molecule is O=C(Nc1ccc(Br)cc1)c1ccnc(CO)c1. The van der Waals surface area contributed by atoms with Gasteiger partial charge in [0.25, 0.3) is 5.91 Å². The number of aromatic nitrogens is 1. The molecule has 0 spiro atoms. The van der Waals surface area contributed by atoms with Gasteiger partial charge in [-0.15, -0.1) is 0 Å². The van der Waals surface area contributed by atoms with Crippen LogP contribution < -0.4 is 5.32 Å². The Morgan fingerprint density at radius 2 is 2.00 bits per heavy atom. The minimum Gasteiger partial charge on any atom is -0.390 e. The molecule has 0 aliphatic rings. The molecule has 2 rings (SSSR count). The first-order valence-corrected chi connectivity index (χ1v) is 6.11. The Hall–Kier alpha value is -1.72. The van der Waals surface area contributed by atoms with Crippen molar-refractivity contribution in [3.63, 3.8) is 0 Å². The third kappa shape index (κ3) is 3.15. The van der Waals surface area contributed by atoms with E-state index < -0.39 is 0 Å². The highest BCUT2D eigenvalue weighted by Gasteiger charge is 2.07. The lowest BCUT2D eigenvalue weighted by atomic mass is 10.2. The van der Waals surface area contributed by atoms with E-state index in [4.69, 9.17) is 5.11 Å². The molecule has 0 saturated carbocycles. The van der Waals surface area contributed by atoms with Crippen molar-refractivity contribution in [1.29, 1.82) is 0 Å². The molecule has 0 fully saturated rings. The lowest BCUT2D eigenvalue weighted by Gasteiger charge is -2.06. The summed E-state index contributed by atoms with van der Waals surface area (Å²) in [5.41, 5.74) is 1.65. The predicted molar refractivity (Wildman–Crippen MR) is 72.3 cm³/mol. The zero-order valence-electron chi connectivity index (χ0n) is 9.43. The summed E-state index contributed by atoms with van der Waals surface area (Å²) >= 11 is 3.33. The van der Waals surface area contributed by atoms with Crippen LogP contribution in [-0.4, -0.2) is 16.0 Å². The normalized spacial score (nSPS) is 10.1. The van der Waals surface area contributed by atoms with Crippen molar-refractivity contribution in [3.05, 3.63) is 58.3 Å². The smallest absolute Gasteiger partial charge is 0.255 e. The van der Waals surface area contributed by atoms with Gasteiger partial charge in [0, 0.05) is 21.9 Å². The van der Waals surface area contributed by atoms with E-state index in [-0.39, 0.29) is 12.5 Å². The topological polar surface area (TPSA) is 62.2 Å². The molecule has 92 valence electrons. The summed E-state index contributed by atoms with van der Waals surface area (Å²) < 4.78 is 0.951. The number of rotatable bonds is 3. The van der Waals surface area contributed by atoms with Crippen LogP contribution in [0.15, 0.2) is 47.1 Å². The van der Waals surface area contributed by atoms with Crippen molar-refractivity contribution in [2.24, 2.45) is 0 Å². The number of halogens is 1. The second-order valence-corrected chi connectivity index (χ2v) is 4.57. The molecule has 2 N–H and O–H groups in total. The molecule has 4 nitrogen and oxygen atoms in total. The maximum absolute atomic E-state index is 11.9. The van der Waals surface area contributed by atoms with E-state index in [2.05, 4.69) is 26.2 Å². The first-order valence-electron chi connectivity index (χ1n) is 5.32. The Morgan fingerprint density at radius 3 is 2.67 bits per heavy atom. The number of carbonyl (C=O) groups excluding carboxylic acids is 1. The number of hydrogen-bond donors (Lipinski definition) is 2. The standard InChI is InChI=1S/C13H11BrN2O2/c14-10-1-3-11(4-2-10)16-13(18)9-5-6-15-12(7-9)8-17/h1-7,17H,8H2,(H,16,18). The predicted octanol–water partition coefficient (Wildman–Crippen LogP) is 2.59. The van der Waals surface area contributed by atoms with Crippen LogP contribution in [0.5, 0.6) is 0 Å². The molecule has 1 heterocycles. The Balaban J connectivity index is 2.14. The number of anilines is 1. The summed E-state index contributed by atoms with van der Waals surface area (Å²) in [6, 6.07) is 10.5. The third-order valence-corrected chi connectivity index (χ3v) is 2.87. The number of aliphatic hydroxyl groups excluding tert-OH is 1. The molecule has 0 saturated heterocycles. The van der Waals surface area contributed by atoms with Crippen molar-refractivity contribution < 1.29 is 9.90 Å². The fourth-order valence-electron chi connectivity index (χ4n) is 1.44. The molecule has 0 aliphatic carbocycles. The van der Waals surface area contributed by atoms with E-state index in [1.807, 2.05) is 12.1 Å². The zero-order valence-corrected chi connectivity index (χ0v) is 11.0. The van der Waals surface area contributed by atoms with Crippen LogP contribution in [0.3, 0.4) is 0 Å². The van der Waals surface area contributed by atoms with Gasteiger partial charge in [-0.1, -0.05) is 15.9 Å². The van der Waals surface area contributed by atoms with E-state index in [9.17, 15) is 4.79 Å². The maximum Gasteiger partial charge on any atom is 0.255 e. The van der Waals surface area contributed by atoms with Crippen LogP contribution in [-0.2, 0) is 6.61 Å². The first kappa shape index (κ1) is 12.7. The summed E-state index contributed by atoms with van der Waals surface area (Å²) in [4.78, 5) is 15.9. The van der Waals surface area contributed by atoms with Gasteiger partial charge in [-0.3, -0.25) is 9.78 Å². The van der Waals surface area contributed by atoms with Gasteiger partial charge in [0.05, 0.1) is 12.3 Å². The minimum atomic E-state index is -0.227. The summed E-state index contributed by atoms with van der Waals surface area (Å²) in [7, 11) is 0. The summed E-state index contributed by atoms with van der Waals surface area (Å²) in [6.07, 6.45) is 1.50. The van der Waals surface area contributed by atoms with Crippen LogP contribution in [0.1, 0.15) is 16.1 Å². The van der Waals surface area contributed by atoms with Crippen LogP contribution in [0.25, 0.3) is 0 Å². The van der Waals surface area contributed by atoms with Crippen molar-refractivity contribution >= 4 is 27.5 Å². The summed E-state index contributed by atoms with van der Waals surface area (Å²) in [5, 5.41) is 11.7. The highest BCUT2D eigenvalue weighted by Crippen LogP contribution is 2.15. The minimum absolute atomic E-state index is 0.181. The highest BCUT2D eigenvalue weighted by molar-refractivity contribution is 9.10. The number of aliphatic hydroxyl groups is 1. The summed E-state index contributed by atoms with van der Waals surface area (Å²) in [6.45, 7) is -0.181. The van der Waals surface area contributed by atoms with E-state index in [0.29, 0.717) is 16.9 Å². The number of amides is 1. The second kappa shape index (κ2) is 5.75. The molecule has 2 aromatic rings. The molecule has 0 atom stereocenters. The number of benzene rings is 1. The van der Waals surface area contributed by atoms with Crippen molar-refractivity contribution in [1.82, 2.24) is 4.98 Å². The zero-order chi connectivity index (χ0) is 13.0. The van der Waals surface area contributed by atoms with Gasteiger partial charge in [0.1, 0.15) is 0 Å². The fraction of sp³-hybridized carbons (Fsp3) is 0.0769. The van der Waals surface area contributed by atoms with Crippen molar-refractivity contribution in [3.8, 4) is 0 Å². The van der Waals surface area contributed by atoms with Gasteiger partial charge in [-0.05, 0) is 36.4 Å². The van der Waals surface area contributed by atoms with Gasteiger partial charge < -0.3 is 10.4 Å². The van der Waals surface area contributed by atoms with Crippen molar-refractivity contribution in [2.45, 2.75) is 6.61 Å². The average molecular weight is 307 g/mol. The molecule has 1 aromatic carbocycles. The van der Waals surface area contributed by atoms with E-state index in [1.165, 1.54) is 6.20 Å². The Bertz CT molecular complexity index is 555. The Morgan fingerprint density at radius 1 is 1.28 bits per heavy atom. The third-order valence-electron chi connectivity index (χ3n) is 2.34. The number of pyridine rings is 1. The molecular formula is C13H11BrN2O2. The van der Waals surface area contributed by atoms with Crippen LogP contribution in [0.2, 0.25) is 0 Å². The molecule has 0 bridgehead atoms. The Kier molecular flexibility index (Phi) is 4.07. The lowest BCUT2D eigenvalue weighted by molar-refractivity contribution is 0.102. The number of nitrogens with zero attached hydrogens (tertiary/aromatic N) is 1. The van der Waals surface area contributed by atoms with Crippen LogP contribution >= 0.6 is 15.9 Å². The molecule has 1 amide bonds. The molecular weight excluding hydrogens is 296 g/mol. The number of nitrogens with one attached hydrogen (secondary N) is 1. The van der Waals surface area contributed by atoms with E-state index in [1.54, 1.807) is 24.3 Å². The monoisotopic (exact) mass is 306 g/mol. The molecule has 18 heavy (non-hydrogen) atoms.